The molecule has 0 atom stereocenters. The molecule has 0 aromatic carbocycles. The molecule has 1 aliphatic carbocycles. The SMILES string of the molecule is CN(CC1CC1)c1nccnc1C#N. The van der Waals surface area contributed by atoms with Crippen LogP contribution in [-0.4, -0.2) is 23.6 Å². The molecule has 0 radical (unpaired) electrons. The van der Waals surface area contributed by atoms with Gasteiger partial charge in [0.25, 0.3) is 0 Å². The second kappa shape index (κ2) is 3.62. The average Bonchev–Trinajstić information content (AvgIpc) is 3.01. The minimum absolute atomic E-state index is 0.413. The summed E-state index contributed by atoms with van der Waals surface area (Å²) in [5.74, 6) is 1.48. The third-order valence-electron chi connectivity index (χ3n) is 2.38. The molecule has 0 N–H and O–H groups in total. The van der Waals surface area contributed by atoms with Crippen LogP contribution in [0.25, 0.3) is 0 Å². The van der Waals surface area contributed by atoms with Crippen molar-refractivity contribution in [3.05, 3.63) is 18.1 Å². The number of hydrogen-bond donors (Lipinski definition) is 0. The third kappa shape index (κ3) is 1.82. The normalized spacial score (nSPS) is 14.9. The molecule has 0 unspecified atom stereocenters. The molecule has 1 saturated carbocycles. The summed E-state index contributed by atoms with van der Waals surface area (Å²) in [5, 5.41) is 8.84. The molecule has 1 aliphatic rings. The highest BCUT2D eigenvalue weighted by Gasteiger charge is 2.24. The fraction of sp³-hybridized carbons (Fsp3) is 0.500. The van der Waals surface area contributed by atoms with Crippen LogP contribution in [0.5, 0.6) is 0 Å². The van der Waals surface area contributed by atoms with Crippen LogP contribution < -0.4 is 4.90 Å². The summed E-state index contributed by atoms with van der Waals surface area (Å²) >= 11 is 0. The van der Waals surface area contributed by atoms with E-state index in [1.165, 1.54) is 12.8 Å². The van der Waals surface area contributed by atoms with Gasteiger partial charge in [0.05, 0.1) is 0 Å². The van der Waals surface area contributed by atoms with E-state index in [1.807, 2.05) is 11.9 Å². The van der Waals surface area contributed by atoms with Crippen LogP contribution in [0, 0.1) is 17.2 Å². The van der Waals surface area contributed by atoms with E-state index in [1.54, 1.807) is 12.4 Å². The van der Waals surface area contributed by atoms with Gasteiger partial charge in [-0.2, -0.15) is 5.26 Å². The van der Waals surface area contributed by atoms with Gasteiger partial charge in [-0.15, -0.1) is 0 Å². The van der Waals surface area contributed by atoms with Gasteiger partial charge in [-0.25, -0.2) is 9.97 Å². The maximum absolute atomic E-state index is 8.84. The van der Waals surface area contributed by atoms with Gasteiger partial charge in [-0.1, -0.05) is 0 Å². The predicted molar refractivity (Wildman–Crippen MR) is 52.7 cm³/mol. The van der Waals surface area contributed by atoms with Crippen LogP contribution >= 0.6 is 0 Å². The Morgan fingerprint density at radius 3 is 2.86 bits per heavy atom. The first-order valence-electron chi connectivity index (χ1n) is 4.73. The molecule has 1 fully saturated rings. The maximum atomic E-state index is 8.84. The van der Waals surface area contributed by atoms with Crippen LogP contribution in [0.3, 0.4) is 0 Å². The first-order chi connectivity index (χ1) is 6.81. The average molecular weight is 188 g/mol. The Morgan fingerprint density at radius 1 is 1.50 bits per heavy atom. The van der Waals surface area contributed by atoms with E-state index >= 15 is 0 Å². The third-order valence-corrected chi connectivity index (χ3v) is 2.38. The fourth-order valence-electron chi connectivity index (χ4n) is 1.46. The summed E-state index contributed by atoms with van der Waals surface area (Å²) < 4.78 is 0. The number of rotatable bonds is 3. The van der Waals surface area contributed by atoms with Gasteiger partial charge in [0, 0.05) is 26.0 Å². The Bertz CT molecular complexity index is 365. The van der Waals surface area contributed by atoms with Crippen LogP contribution in [0.15, 0.2) is 12.4 Å². The van der Waals surface area contributed by atoms with E-state index < -0.39 is 0 Å². The lowest BCUT2D eigenvalue weighted by Crippen LogP contribution is -2.22. The zero-order valence-corrected chi connectivity index (χ0v) is 8.14. The summed E-state index contributed by atoms with van der Waals surface area (Å²) in [6.45, 7) is 0.980. The Balaban J connectivity index is 2.16. The van der Waals surface area contributed by atoms with Gasteiger partial charge < -0.3 is 4.90 Å². The molecular formula is C10H12N4. The van der Waals surface area contributed by atoms with Crippen LogP contribution in [0.2, 0.25) is 0 Å². The van der Waals surface area contributed by atoms with Crippen LogP contribution in [0.4, 0.5) is 5.82 Å². The Morgan fingerprint density at radius 2 is 2.21 bits per heavy atom. The highest BCUT2D eigenvalue weighted by Crippen LogP contribution is 2.30. The molecular weight excluding hydrogens is 176 g/mol. The highest BCUT2D eigenvalue weighted by molar-refractivity contribution is 5.48. The van der Waals surface area contributed by atoms with Gasteiger partial charge in [0.15, 0.2) is 11.5 Å². The fourth-order valence-corrected chi connectivity index (χ4v) is 1.46. The van der Waals surface area contributed by atoms with E-state index in [4.69, 9.17) is 5.26 Å². The van der Waals surface area contributed by atoms with Gasteiger partial charge in [0.1, 0.15) is 6.07 Å². The van der Waals surface area contributed by atoms with E-state index in [-0.39, 0.29) is 0 Å². The molecule has 14 heavy (non-hydrogen) atoms. The van der Waals surface area contributed by atoms with Crippen molar-refractivity contribution in [3.8, 4) is 6.07 Å². The zero-order chi connectivity index (χ0) is 9.97. The minimum atomic E-state index is 0.413. The number of anilines is 1. The molecule has 0 bridgehead atoms. The zero-order valence-electron chi connectivity index (χ0n) is 8.14. The summed E-state index contributed by atoms with van der Waals surface area (Å²) in [6, 6.07) is 2.05. The summed E-state index contributed by atoms with van der Waals surface area (Å²) in [7, 11) is 1.96. The first-order valence-corrected chi connectivity index (χ1v) is 4.73. The van der Waals surface area contributed by atoms with Crippen molar-refractivity contribution in [2.75, 3.05) is 18.5 Å². The Labute approximate surface area is 83.2 Å². The molecule has 0 spiro atoms. The molecule has 4 nitrogen and oxygen atoms in total. The Hall–Kier alpha value is -1.63. The molecule has 72 valence electrons. The van der Waals surface area contributed by atoms with E-state index in [0.29, 0.717) is 11.5 Å². The van der Waals surface area contributed by atoms with Crippen LogP contribution in [-0.2, 0) is 0 Å². The van der Waals surface area contributed by atoms with Crippen molar-refractivity contribution in [1.29, 1.82) is 5.26 Å². The molecule has 1 aromatic rings. The predicted octanol–water partition coefficient (Wildman–Crippen LogP) is 1.19. The lowest BCUT2D eigenvalue weighted by atomic mass is 10.3. The van der Waals surface area contributed by atoms with E-state index in [2.05, 4.69) is 16.0 Å². The number of aromatic nitrogens is 2. The first kappa shape index (κ1) is 8.95. The minimum Gasteiger partial charge on any atom is -0.357 e. The standard InChI is InChI=1S/C10H12N4/c1-14(7-8-2-3-8)10-9(6-11)12-4-5-13-10/h4-5,8H,2-3,7H2,1H3. The van der Waals surface area contributed by atoms with Crippen LogP contribution in [0.1, 0.15) is 18.5 Å². The maximum Gasteiger partial charge on any atom is 0.183 e. The smallest absolute Gasteiger partial charge is 0.183 e. The van der Waals surface area contributed by atoms with Crippen molar-refractivity contribution in [2.24, 2.45) is 5.92 Å². The topological polar surface area (TPSA) is 52.8 Å². The quantitative estimate of drug-likeness (QED) is 0.715. The number of nitrogens with zero attached hydrogens (tertiary/aromatic N) is 4. The summed E-state index contributed by atoms with van der Waals surface area (Å²) in [4.78, 5) is 10.2. The van der Waals surface area contributed by atoms with Crippen molar-refractivity contribution >= 4 is 5.82 Å². The van der Waals surface area contributed by atoms with Gasteiger partial charge in [-0.3, -0.25) is 0 Å². The summed E-state index contributed by atoms with van der Waals surface area (Å²) in [6.07, 6.45) is 5.77. The molecule has 2 rings (SSSR count). The molecule has 1 heterocycles. The van der Waals surface area contributed by atoms with Crippen molar-refractivity contribution < 1.29 is 0 Å². The van der Waals surface area contributed by atoms with Gasteiger partial charge in [0.2, 0.25) is 0 Å². The molecule has 4 heteroatoms. The van der Waals surface area contributed by atoms with Crippen molar-refractivity contribution in [3.63, 3.8) is 0 Å². The molecule has 1 aromatic heterocycles. The van der Waals surface area contributed by atoms with E-state index in [9.17, 15) is 0 Å². The van der Waals surface area contributed by atoms with Gasteiger partial charge >= 0.3 is 0 Å². The summed E-state index contributed by atoms with van der Waals surface area (Å²) in [5.41, 5.74) is 0.413. The second-order valence-corrected chi connectivity index (χ2v) is 3.66. The van der Waals surface area contributed by atoms with Crippen molar-refractivity contribution in [2.45, 2.75) is 12.8 Å². The van der Waals surface area contributed by atoms with Gasteiger partial charge in [-0.05, 0) is 18.8 Å². The molecule has 0 aliphatic heterocycles. The monoisotopic (exact) mass is 188 g/mol. The number of hydrogen-bond acceptors (Lipinski definition) is 4. The largest absolute Gasteiger partial charge is 0.357 e. The Kier molecular flexibility index (Phi) is 2.32. The number of nitriles is 1. The molecule has 0 saturated heterocycles. The van der Waals surface area contributed by atoms with E-state index in [0.717, 1.165) is 12.5 Å². The second-order valence-electron chi connectivity index (χ2n) is 3.66. The lowest BCUT2D eigenvalue weighted by molar-refractivity contribution is 0.773. The lowest BCUT2D eigenvalue weighted by Gasteiger charge is -2.17. The highest BCUT2D eigenvalue weighted by atomic mass is 15.2. The van der Waals surface area contributed by atoms with Crippen molar-refractivity contribution in [1.82, 2.24) is 9.97 Å². The molecule has 0 amide bonds.